The van der Waals surface area contributed by atoms with Crippen molar-refractivity contribution in [1.82, 2.24) is 0 Å². The van der Waals surface area contributed by atoms with Gasteiger partial charge in [-0.15, -0.1) is 22.7 Å². The van der Waals surface area contributed by atoms with E-state index in [1.165, 1.54) is 106 Å². The van der Waals surface area contributed by atoms with Gasteiger partial charge < -0.3 is 4.90 Å². The summed E-state index contributed by atoms with van der Waals surface area (Å²) in [5, 5.41) is 10.1. The molecule has 11 aromatic carbocycles. The van der Waals surface area contributed by atoms with Crippen molar-refractivity contribution in [2.24, 2.45) is 0 Å². The molecule has 0 aliphatic rings. The number of rotatable bonds is 7. The third kappa shape index (κ3) is 6.27. The summed E-state index contributed by atoms with van der Waals surface area (Å²) in [7, 11) is 0. The molecule has 0 atom stereocenters. The van der Waals surface area contributed by atoms with Crippen LogP contribution < -0.4 is 4.90 Å². The van der Waals surface area contributed by atoms with Gasteiger partial charge in [0.15, 0.2) is 0 Å². The van der Waals surface area contributed by atoms with E-state index < -0.39 is 0 Å². The van der Waals surface area contributed by atoms with Crippen molar-refractivity contribution in [3.63, 3.8) is 0 Å². The second kappa shape index (κ2) is 15.5. The largest absolute Gasteiger partial charge is 0.309 e. The Morgan fingerprint density at radius 3 is 1.58 bits per heavy atom. The zero-order chi connectivity index (χ0) is 42.8. The summed E-state index contributed by atoms with van der Waals surface area (Å²) in [6.45, 7) is 0. The van der Waals surface area contributed by atoms with Gasteiger partial charge in [0.25, 0.3) is 0 Å². The van der Waals surface area contributed by atoms with Gasteiger partial charge in [0, 0.05) is 68.1 Å². The minimum atomic E-state index is 1.09. The average molecular weight is 862 g/mol. The fourth-order valence-electron chi connectivity index (χ4n) is 10.1. The Morgan fingerprint density at radius 1 is 0.277 bits per heavy atom. The topological polar surface area (TPSA) is 3.24 Å². The maximum absolute atomic E-state index is 2.57. The lowest BCUT2D eigenvalue weighted by molar-refractivity contribution is 1.30. The van der Waals surface area contributed by atoms with E-state index in [4.69, 9.17) is 0 Å². The molecular formula is C62H39NS2. The normalized spacial score (nSPS) is 11.7. The Morgan fingerprint density at radius 2 is 0.785 bits per heavy atom. The summed E-state index contributed by atoms with van der Waals surface area (Å²) in [6.07, 6.45) is 0. The van der Waals surface area contributed by atoms with Crippen LogP contribution in [-0.4, -0.2) is 0 Å². The van der Waals surface area contributed by atoms with Gasteiger partial charge in [0.1, 0.15) is 0 Å². The SMILES string of the molecule is c1ccc(-c2ccc(-c3c(N(c4cccc(-c5ccc6c(c5)sc5ccccc56)c4)c4ccccc4-c4cccc5c4sc4ccccc45)c4ccccc4c4ccccc34)cc2)cc1. The van der Waals surface area contributed by atoms with E-state index in [2.05, 4.69) is 241 Å². The Balaban J connectivity index is 1.11. The number of anilines is 3. The molecule has 0 saturated carbocycles. The highest BCUT2D eigenvalue weighted by atomic mass is 32.1. The molecule has 0 spiro atoms. The van der Waals surface area contributed by atoms with Crippen molar-refractivity contribution < 1.29 is 0 Å². The number of fused-ring (bicyclic) bond motifs is 9. The quantitative estimate of drug-likeness (QED) is 0.144. The standard InChI is InChI=1S/C62H39NS2/c1-2-16-40(17-3-1)41-32-34-42(35-33-41)60-52-25-6-4-20-46(52)47-21-5-7-26-53(47)61(60)63(45-19-14-18-43(38-45)44-36-37-51-49-23-9-12-30-57(49)64-59(51)39-44)56-29-11-8-22-48(56)54-27-15-28-55-50-24-10-13-31-58(50)65-62(54)55/h1-39H. The number of nitrogens with zero attached hydrogens (tertiary/aromatic N) is 1. The third-order valence-electron chi connectivity index (χ3n) is 13.1. The number of thiophene rings is 2. The molecule has 0 amide bonds. The molecule has 304 valence electrons. The predicted octanol–water partition coefficient (Wildman–Crippen LogP) is 18.9. The first-order valence-corrected chi connectivity index (χ1v) is 23.8. The minimum Gasteiger partial charge on any atom is -0.309 e. The van der Waals surface area contributed by atoms with Crippen LogP contribution in [0.5, 0.6) is 0 Å². The van der Waals surface area contributed by atoms with Crippen LogP contribution in [-0.2, 0) is 0 Å². The molecule has 3 heteroatoms. The Hall–Kier alpha value is -7.82. The molecule has 0 fully saturated rings. The van der Waals surface area contributed by atoms with Crippen LogP contribution in [0, 0.1) is 0 Å². The highest BCUT2D eigenvalue weighted by Crippen LogP contribution is 2.53. The molecule has 0 aliphatic heterocycles. The van der Waals surface area contributed by atoms with Crippen LogP contribution in [0.25, 0.3) is 106 Å². The van der Waals surface area contributed by atoms with E-state index in [0.29, 0.717) is 0 Å². The summed E-state index contributed by atoms with van der Waals surface area (Å²) < 4.78 is 5.22. The lowest BCUT2D eigenvalue weighted by Gasteiger charge is -2.32. The van der Waals surface area contributed by atoms with Crippen molar-refractivity contribution in [3.05, 3.63) is 237 Å². The minimum absolute atomic E-state index is 1.09. The molecule has 13 aromatic rings. The zero-order valence-electron chi connectivity index (χ0n) is 35.3. The van der Waals surface area contributed by atoms with Crippen LogP contribution in [0.4, 0.5) is 17.1 Å². The van der Waals surface area contributed by atoms with Crippen LogP contribution in [0.1, 0.15) is 0 Å². The second-order valence-electron chi connectivity index (χ2n) is 16.8. The maximum atomic E-state index is 2.57. The van der Waals surface area contributed by atoms with Gasteiger partial charge in [-0.2, -0.15) is 0 Å². The molecule has 2 aromatic heterocycles. The van der Waals surface area contributed by atoms with Crippen LogP contribution in [0.2, 0.25) is 0 Å². The highest BCUT2D eigenvalue weighted by molar-refractivity contribution is 7.26. The summed E-state index contributed by atoms with van der Waals surface area (Å²) in [4.78, 5) is 2.57. The van der Waals surface area contributed by atoms with Gasteiger partial charge in [0.2, 0.25) is 0 Å². The molecule has 65 heavy (non-hydrogen) atoms. The van der Waals surface area contributed by atoms with E-state index in [1.54, 1.807) is 0 Å². The molecule has 13 rings (SSSR count). The third-order valence-corrected chi connectivity index (χ3v) is 15.4. The Kier molecular flexibility index (Phi) is 8.97. The maximum Gasteiger partial charge on any atom is 0.0625 e. The Bertz CT molecular complexity index is 3950. The molecule has 0 unspecified atom stereocenters. The highest BCUT2D eigenvalue weighted by Gasteiger charge is 2.26. The van der Waals surface area contributed by atoms with Gasteiger partial charge >= 0.3 is 0 Å². The van der Waals surface area contributed by atoms with Crippen LogP contribution in [0.15, 0.2) is 237 Å². The van der Waals surface area contributed by atoms with Gasteiger partial charge in [-0.05, 0) is 80.4 Å². The van der Waals surface area contributed by atoms with Crippen molar-refractivity contribution >= 4 is 102 Å². The second-order valence-corrected chi connectivity index (χ2v) is 18.9. The molecule has 1 nitrogen and oxygen atoms in total. The molecule has 2 heterocycles. The van der Waals surface area contributed by atoms with Gasteiger partial charge in [-0.1, -0.05) is 200 Å². The molecule has 0 saturated heterocycles. The van der Waals surface area contributed by atoms with Gasteiger partial charge in [-0.25, -0.2) is 0 Å². The monoisotopic (exact) mass is 861 g/mol. The molecule has 0 radical (unpaired) electrons. The number of hydrogen-bond donors (Lipinski definition) is 0. The smallest absolute Gasteiger partial charge is 0.0625 e. The molecule has 0 aliphatic carbocycles. The first kappa shape index (κ1) is 37.7. The lowest BCUT2D eigenvalue weighted by Crippen LogP contribution is -2.13. The molecule has 0 N–H and O–H groups in total. The van der Waals surface area contributed by atoms with Crippen molar-refractivity contribution in [1.29, 1.82) is 0 Å². The van der Waals surface area contributed by atoms with Crippen molar-refractivity contribution in [2.75, 3.05) is 4.90 Å². The van der Waals surface area contributed by atoms with Gasteiger partial charge in [-0.3, -0.25) is 0 Å². The van der Waals surface area contributed by atoms with Crippen LogP contribution in [0.3, 0.4) is 0 Å². The van der Waals surface area contributed by atoms with Crippen LogP contribution >= 0.6 is 22.7 Å². The Labute approximate surface area is 385 Å². The fourth-order valence-corrected chi connectivity index (χ4v) is 12.5. The van der Waals surface area contributed by atoms with E-state index in [0.717, 1.165) is 17.1 Å². The van der Waals surface area contributed by atoms with Gasteiger partial charge in [0.05, 0.1) is 11.4 Å². The summed E-state index contributed by atoms with van der Waals surface area (Å²) in [5.74, 6) is 0. The number of para-hydroxylation sites is 1. The first-order valence-electron chi connectivity index (χ1n) is 22.2. The van der Waals surface area contributed by atoms with E-state index in [9.17, 15) is 0 Å². The predicted molar refractivity (Wildman–Crippen MR) is 284 cm³/mol. The molecular weight excluding hydrogens is 823 g/mol. The first-order chi connectivity index (χ1) is 32.2. The number of benzene rings is 11. The van der Waals surface area contributed by atoms with E-state index in [-0.39, 0.29) is 0 Å². The fraction of sp³-hybridized carbons (Fsp3) is 0. The summed E-state index contributed by atoms with van der Waals surface area (Å²) >= 11 is 3.75. The van der Waals surface area contributed by atoms with Crippen molar-refractivity contribution in [3.8, 4) is 44.5 Å². The van der Waals surface area contributed by atoms with E-state index in [1.807, 2.05) is 22.7 Å². The lowest BCUT2D eigenvalue weighted by atomic mass is 9.88. The summed E-state index contributed by atoms with van der Waals surface area (Å²) in [5.41, 5.74) is 12.9. The van der Waals surface area contributed by atoms with E-state index >= 15 is 0 Å². The average Bonchev–Trinajstić information content (AvgIpc) is 3.95. The summed E-state index contributed by atoms with van der Waals surface area (Å²) in [6, 6.07) is 87.4. The zero-order valence-corrected chi connectivity index (χ0v) is 36.9. The number of hydrogen-bond acceptors (Lipinski definition) is 3. The van der Waals surface area contributed by atoms with Crippen molar-refractivity contribution in [2.45, 2.75) is 0 Å². The molecule has 0 bridgehead atoms.